The molecule has 1 aliphatic rings. The molecule has 3 rings (SSSR count). The van der Waals surface area contributed by atoms with Crippen LogP contribution < -0.4 is 5.32 Å². The van der Waals surface area contributed by atoms with Gasteiger partial charge in [0.1, 0.15) is 11.6 Å². The van der Waals surface area contributed by atoms with Gasteiger partial charge in [-0.2, -0.15) is 0 Å². The highest BCUT2D eigenvalue weighted by molar-refractivity contribution is 5.28. The number of hydrogen-bond acceptors (Lipinski definition) is 3. The Morgan fingerprint density at radius 3 is 2.95 bits per heavy atom. The average molecular weight is 256 g/mol. The van der Waals surface area contributed by atoms with E-state index in [1.165, 1.54) is 11.1 Å². The van der Waals surface area contributed by atoms with Crippen molar-refractivity contribution in [2.75, 3.05) is 6.54 Å². The molecule has 1 aromatic carbocycles. The molecule has 0 saturated carbocycles. The SMILES string of the molecule is CCC1NCCn2c(Cc3ccccc3C)nnc21. The Labute approximate surface area is 113 Å². The molecule has 100 valence electrons. The third-order valence-corrected chi connectivity index (χ3v) is 3.91. The first-order chi connectivity index (χ1) is 9.29. The van der Waals surface area contributed by atoms with Crippen LogP contribution in [0.2, 0.25) is 0 Å². The summed E-state index contributed by atoms with van der Waals surface area (Å²) in [6, 6.07) is 8.85. The first kappa shape index (κ1) is 12.4. The molecule has 0 saturated heterocycles. The van der Waals surface area contributed by atoms with E-state index in [4.69, 9.17) is 0 Å². The second-order valence-corrected chi connectivity index (χ2v) is 5.14. The Bertz CT molecular complexity index is 573. The molecule has 0 spiro atoms. The predicted octanol–water partition coefficient (Wildman–Crippen LogP) is 2.23. The predicted molar refractivity (Wildman–Crippen MR) is 75.0 cm³/mol. The second kappa shape index (κ2) is 5.13. The summed E-state index contributed by atoms with van der Waals surface area (Å²) in [6.07, 6.45) is 1.93. The number of hydrogen-bond donors (Lipinski definition) is 1. The summed E-state index contributed by atoms with van der Waals surface area (Å²) in [6.45, 7) is 6.31. The number of nitrogens with one attached hydrogen (secondary N) is 1. The molecule has 4 nitrogen and oxygen atoms in total. The third-order valence-electron chi connectivity index (χ3n) is 3.91. The fourth-order valence-electron chi connectivity index (χ4n) is 2.73. The van der Waals surface area contributed by atoms with Crippen molar-refractivity contribution in [3.63, 3.8) is 0 Å². The van der Waals surface area contributed by atoms with Gasteiger partial charge in [0.15, 0.2) is 0 Å². The fourth-order valence-corrected chi connectivity index (χ4v) is 2.73. The molecule has 1 aromatic heterocycles. The van der Waals surface area contributed by atoms with Gasteiger partial charge in [-0.25, -0.2) is 0 Å². The Morgan fingerprint density at radius 2 is 2.16 bits per heavy atom. The molecule has 2 heterocycles. The van der Waals surface area contributed by atoms with E-state index in [9.17, 15) is 0 Å². The van der Waals surface area contributed by atoms with E-state index in [-0.39, 0.29) is 0 Å². The van der Waals surface area contributed by atoms with Crippen LogP contribution in [0, 0.1) is 6.92 Å². The van der Waals surface area contributed by atoms with E-state index in [0.29, 0.717) is 6.04 Å². The normalized spacial score (nSPS) is 18.3. The van der Waals surface area contributed by atoms with Gasteiger partial charge >= 0.3 is 0 Å². The molecule has 2 aromatic rings. The number of fused-ring (bicyclic) bond motifs is 1. The Kier molecular flexibility index (Phi) is 3.34. The first-order valence-electron chi connectivity index (χ1n) is 6.99. The number of rotatable bonds is 3. The van der Waals surface area contributed by atoms with Crippen LogP contribution >= 0.6 is 0 Å². The van der Waals surface area contributed by atoms with Crippen LogP contribution in [0.4, 0.5) is 0 Å². The van der Waals surface area contributed by atoms with Crippen LogP contribution in [0.1, 0.15) is 42.2 Å². The number of aromatic nitrogens is 3. The summed E-state index contributed by atoms with van der Waals surface area (Å²) in [7, 11) is 0. The quantitative estimate of drug-likeness (QED) is 0.915. The molecule has 0 radical (unpaired) electrons. The zero-order valence-electron chi connectivity index (χ0n) is 11.6. The van der Waals surface area contributed by atoms with Gasteiger partial charge in [0.25, 0.3) is 0 Å². The van der Waals surface area contributed by atoms with Crippen molar-refractivity contribution in [3.8, 4) is 0 Å². The smallest absolute Gasteiger partial charge is 0.150 e. The lowest BCUT2D eigenvalue weighted by atomic mass is 10.1. The molecule has 0 fully saturated rings. The minimum absolute atomic E-state index is 0.354. The van der Waals surface area contributed by atoms with Crippen molar-refractivity contribution in [2.45, 2.75) is 39.3 Å². The minimum atomic E-state index is 0.354. The first-order valence-corrected chi connectivity index (χ1v) is 6.99. The zero-order valence-corrected chi connectivity index (χ0v) is 11.6. The summed E-state index contributed by atoms with van der Waals surface area (Å²) in [4.78, 5) is 0. The van der Waals surface area contributed by atoms with Gasteiger partial charge < -0.3 is 9.88 Å². The molecule has 0 bridgehead atoms. The van der Waals surface area contributed by atoms with Crippen molar-refractivity contribution < 1.29 is 0 Å². The van der Waals surface area contributed by atoms with Gasteiger partial charge in [-0.15, -0.1) is 10.2 Å². The van der Waals surface area contributed by atoms with Gasteiger partial charge in [0.05, 0.1) is 6.04 Å². The minimum Gasteiger partial charge on any atom is -0.312 e. The van der Waals surface area contributed by atoms with Crippen molar-refractivity contribution in [1.82, 2.24) is 20.1 Å². The second-order valence-electron chi connectivity index (χ2n) is 5.14. The van der Waals surface area contributed by atoms with E-state index < -0.39 is 0 Å². The fraction of sp³-hybridized carbons (Fsp3) is 0.467. The monoisotopic (exact) mass is 256 g/mol. The van der Waals surface area contributed by atoms with Crippen LogP contribution in [-0.2, 0) is 13.0 Å². The topological polar surface area (TPSA) is 42.7 Å². The standard InChI is InChI=1S/C15H20N4/c1-3-13-15-18-17-14(19(15)9-8-16-13)10-12-7-5-4-6-11(12)2/h4-7,13,16H,3,8-10H2,1-2H3. The Morgan fingerprint density at radius 1 is 1.32 bits per heavy atom. The molecule has 4 heteroatoms. The molecule has 1 N–H and O–H groups in total. The van der Waals surface area contributed by atoms with Crippen molar-refractivity contribution in [2.24, 2.45) is 0 Å². The summed E-state index contributed by atoms with van der Waals surface area (Å²) in [5.41, 5.74) is 2.66. The molecular weight excluding hydrogens is 236 g/mol. The molecular formula is C15H20N4. The van der Waals surface area contributed by atoms with Crippen LogP contribution in [0.5, 0.6) is 0 Å². The molecule has 0 amide bonds. The largest absolute Gasteiger partial charge is 0.312 e. The van der Waals surface area contributed by atoms with Crippen LogP contribution in [0.25, 0.3) is 0 Å². The van der Waals surface area contributed by atoms with Gasteiger partial charge in [-0.05, 0) is 24.5 Å². The summed E-state index contributed by atoms with van der Waals surface area (Å²) in [5.74, 6) is 2.18. The van der Waals surface area contributed by atoms with Gasteiger partial charge in [-0.1, -0.05) is 31.2 Å². The maximum Gasteiger partial charge on any atom is 0.150 e. The molecule has 19 heavy (non-hydrogen) atoms. The van der Waals surface area contributed by atoms with Crippen molar-refractivity contribution in [1.29, 1.82) is 0 Å². The highest BCUT2D eigenvalue weighted by atomic mass is 15.3. The van der Waals surface area contributed by atoms with Crippen molar-refractivity contribution >= 4 is 0 Å². The molecule has 1 aliphatic heterocycles. The molecule has 0 aliphatic carbocycles. The maximum atomic E-state index is 4.41. The van der Waals surface area contributed by atoms with Crippen LogP contribution in [-0.4, -0.2) is 21.3 Å². The van der Waals surface area contributed by atoms with Crippen molar-refractivity contribution in [3.05, 3.63) is 47.0 Å². The summed E-state index contributed by atoms with van der Waals surface area (Å²) < 4.78 is 2.29. The maximum absolute atomic E-state index is 4.41. The third kappa shape index (κ3) is 2.28. The number of nitrogens with zero attached hydrogens (tertiary/aromatic N) is 3. The summed E-state index contributed by atoms with van der Waals surface area (Å²) >= 11 is 0. The number of benzene rings is 1. The van der Waals surface area contributed by atoms with Crippen LogP contribution in [0.3, 0.4) is 0 Å². The van der Waals surface area contributed by atoms with Gasteiger partial charge in [0.2, 0.25) is 0 Å². The molecule has 1 atom stereocenters. The average Bonchev–Trinajstić information content (AvgIpc) is 2.84. The van der Waals surface area contributed by atoms with E-state index in [1.54, 1.807) is 0 Å². The molecule has 1 unspecified atom stereocenters. The van der Waals surface area contributed by atoms with E-state index in [2.05, 4.69) is 58.2 Å². The van der Waals surface area contributed by atoms with Gasteiger partial charge in [0, 0.05) is 19.5 Å². The highest BCUT2D eigenvalue weighted by Crippen LogP contribution is 2.21. The highest BCUT2D eigenvalue weighted by Gasteiger charge is 2.23. The van der Waals surface area contributed by atoms with Gasteiger partial charge in [-0.3, -0.25) is 0 Å². The lowest BCUT2D eigenvalue weighted by molar-refractivity contribution is 0.401. The lowest BCUT2D eigenvalue weighted by Gasteiger charge is -2.24. The number of aryl methyl sites for hydroxylation is 1. The zero-order chi connectivity index (χ0) is 13.2. The summed E-state index contributed by atoms with van der Waals surface area (Å²) in [5, 5.41) is 12.3. The van der Waals surface area contributed by atoms with Crippen LogP contribution in [0.15, 0.2) is 24.3 Å². The Hall–Kier alpha value is -1.68. The Balaban J connectivity index is 1.91. The lowest BCUT2D eigenvalue weighted by Crippen LogP contribution is -2.34. The van der Waals surface area contributed by atoms with E-state index >= 15 is 0 Å². The van der Waals surface area contributed by atoms with E-state index in [1.807, 2.05) is 0 Å². The van der Waals surface area contributed by atoms with E-state index in [0.717, 1.165) is 37.6 Å².